The number of furan rings is 1. The molecule has 4 aliphatic rings. The number of hydrogen-bond acceptors (Lipinski definition) is 11. The van der Waals surface area contributed by atoms with Crippen molar-refractivity contribution in [3.05, 3.63) is 29.0 Å². The first-order valence-corrected chi connectivity index (χ1v) is 14.6. The Morgan fingerprint density at radius 3 is 2.48 bits per heavy atom. The monoisotopic (exact) mass is 592 g/mol. The first-order chi connectivity index (χ1) is 18.6. The summed E-state index contributed by atoms with van der Waals surface area (Å²) < 4.78 is 10.9. The minimum Gasteiger partial charge on any atom is -0.477 e. The van der Waals surface area contributed by atoms with E-state index in [2.05, 4.69) is 5.16 Å². The fourth-order valence-corrected chi connectivity index (χ4v) is 9.14. The molecule has 3 fully saturated rings. The van der Waals surface area contributed by atoms with Gasteiger partial charge in [-0.1, -0.05) is 19.0 Å². The number of hydrogen-bond donors (Lipinski definition) is 1. The van der Waals surface area contributed by atoms with Gasteiger partial charge in [0.1, 0.15) is 18.2 Å². The summed E-state index contributed by atoms with van der Waals surface area (Å²) in [5, 5.41) is 11.7. The zero-order valence-corrected chi connectivity index (χ0v) is 24.6. The summed E-state index contributed by atoms with van der Waals surface area (Å²) in [5.41, 5.74) is -4.28. The molecule has 1 saturated carbocycles. The van der Waals surface area contributed by atoms with Crippen LogP contribution in [-0.2, 0) is 33.5 Å². The molecule has 3 amide bonds. The zero-order chi connectivity index (χ0) is 29.6. The van der Waals surface area contributed by atoms with Crippen molar-refractivity contribution in [1.29, 1.82) is 0 Å². The smallest absolute Gasteiger partial charge is 0.376 e. The largest absolute Gasteiger partial charge is 0.477 e. The van der Waals surface area contributed by atoms with E-state index in [9.17, 15) is 24.3 Å². The van der Waals surface area contributed by atoms with Gasteiger partial charge in [-0.2, -0.15) is 0 Å². The number of oxime groups is 1. The van der Waals surface area contributed by atoms with Crippen LogP contribution in [0.2, 0.25) is 0 Å². The number of nitrogens with zero attached hydrogens (tertiary/aromatic N) is 3. The van der Waals surface area contributed by atoms with Crippen molar-refractivity contribution in [3.8, 4) is 0 Å². The summed E-state index contributed by atoms with van der Waals surface area (Å²) in [5.74, 6) is -5.62. The van der Waals surface area contributed by atoms with Gasteiger partial charge in [0.2, 0.25) is 6.04 Å². The van der Waals surface area contributed by atoms with Gasteiger partial charge in [-0.3, -0.25) is 14.5 Å². The lowest BCUT2D eigenvalue weighted by Gasteiger charge is -2.53. The number of Topliss-reactive ketones (excluding diaryl/α,β-unsaturated/α-hetero) is 1. The second-order valence-electron chi connectivity index (χ2n) is 11.5. The molecule has 40 heavy (non-hydrogen) atoms. The Kier molecular flexibility index (Phi) is 6.45. The maximum atomic E-state index is 15.2. The van der Waals surface area contributed by atoms with Gasteiger partial charge in [0.25, 0.3) is 5.91 Å². The molecule has 0 radical (unpaired) electrons. The number of carboxylic acids is 1. The third-order valence-electron chi connectivity index (χ3n) is 7.96. The van der Waals surface area contributed by atoms with Crippen LogP contribution in [0.3, 0.4) is 0 Å². The minimum atomic E-state index is -1.86. The summed E-state index contributed by atoms with van der Waals surface area (Å²) >= 11 is 2.12. The molecule has 14 heteroatoms. The van der Waals surface area contributed by atoms with Gasteiger partial charge in [0, 0.05) is 16.4 Å². The first-order valence-electron chi connectivity index (χ1n) is 12.5. The lowest BCUT2D eigenvalue weighted by molar-refractivity contribution is -0.178. The number of thioether (sulfide) groups is 2. The van der Waals surface area contributed by atoms with Crippen molar-refractivity contribution in [3.63, 3.8) is 0 Å². The molecular formula is C26H30N3O9S2+. The molecule has 1 aliphatic carbocycles. The molecule has 214 valence electrons. The molecule has 3 aliphatic heterocycles. The maximum Gasteiger partial charge on any atom is 0.376 e. The molecule has 5 rings (SSSR count). The number of rotatable bonds is 6. The van der Waals surface area contributed by atoms with Gasteiger partial charge in [-0.25, -0.2) is 14.4 Å². The van der Waals surface area contributed by atoms with E-state index in [4.69, 9.17) is 14.0 Å². The molecule has 5 unspecified atom stereocenters. The quantitative estimate of drug-likeness (QED) is 0.224. The van der Waals surface area contributed by atoms with E-state index in [1.165, 1.54) is 25.5 Å². The zero-order valence-electron chi connectivity index (χ0n) is 23.0. The van der Waals surface area contributed by atoms with Gasteiger partial charge in [-0.15, -0.1) is 28.0 Å². The number of imide groups is 1. The molecule has 1 aromatic rings. The number of ether oxygens (including phenoxy) is 1. The van der Waals surface area contributed by atoms with E-state index in [-0.39, 0.29) is 16.5 Å². The standard InChI is InChI=1S/C26H29N3O9S2/c1-24(2,3)38-26-19(25(26,4)5)16(31)18-17(39-7)14(22(33)34)28-20(32)15(21(28)40-18)29(23(26)35,12(30)11-27-36-6)13-9-8-10-37-13/h8-11,15,18-19,21H,1-7H3/p+1/t15?,18?,19?,21-,26?,29?/m0/s1. The molecular weight excluding hydrogens is 562 g/mol. The lowest BCUT2D eigenvalue weighted by Crippen LogP contribution is -2.82. The highest BCUT2D eigenvalue weighted by molar-refractivity contribution is 8.06. The number of amides is 3. The predicted molar refractivity (Wildman–Crippen MR) is 146 cm³/mol. The van der Waals surface area contributed by atoms with E-state index < -0.39 is 73.2 Å². The predicted octanol–water partition coefficient (Wildman–Crippen LogP) is 2.38. The van der Waals surface area contributed by atoms with Crippen molar-refractivity contribution < 1.29 is 43.1 Å². The van der Waals surface area contributed by atoms with E-state index in [0.717, 1.165) is 34.6 Å². The van der Waals surface area contributed by atoms with E-state index >= 15 is 4.79 Å². The first kappa shape index (κ1) is 28.6. The second kappa shape index (κ2) is 9.03. The highest BCUT2D eigenvalue weighted by Gasteiger charge is 2.89. The van der Waals surface area contributed by atoms with Crippen molar-refractivity contribution in [1.82, 2.24) is 9.38 Å². The van der Waals surface area contributed by atoms with Crippen molar-refractivity contribution in [2.24, 2.45) is 16.5 Å². The molecule has 6 atom stereocenters. The van der Waals surface area contributed by atoms with Gasteiger partial charge >= 0.3 is 23.7 Å². The average molecular weight is 593 g/mol. The summed E-state index contributed by atoms with van der Waals surface area (Å²) in [6.07, 6.45) is 3.69. The van der Waals surface area contributed by atoms with Gasteiger partial charge in [0.05, 0.1) is 23.0 Å². The van der Waals surface area contributed by atoms with E-state index in [1.54, 1.807) is 40.9 Å². The average Bonchev–Trinajstić information content (AvgIpc) is 3.20. The lowest BCUT2D eigenvalue weighted by atomic mass is 9.94. The van der Waals surface area contributed by atoms with Crippen LogP contribution in [0, 0.1) is 11.3 Å². The van der Waals surface area contributed by atoms with Crippen LogP contribution >= 0.6 is 23.5 Å². The minimum absolute atomic E-state index is 0.183. The number of ketones is 1. The Balaban J connectivity index is 1.90. The number of carboxylic acid groups (broad SMARTS) is 1. The highest BCUT2D eigenvalue weighted by Crippen LogP contribution is 2.70. The van der Waals surface area contributed by atoms with Gasteiger partial charge < -0.3 is 19.1 Å². The van der Waals surface area contributed by atoms with Crippen LogP contribution in [0.5, 0.6) is 0 Å². The van der Waals surface area contributed by atoms with Crippen LogP contribution in [-0.4, -0.2) is 86.9 Å². The molecule has 12 nitrogen and oxygen atoms in total. The third-order valence-corrected chi connectivity index (χ3v) is 10.5. The van der Waals surface area contributed by atoms with Crippen molar-refractivity contribution in [2.75, 3.05) is 13.4 Å². The van der Waals surface area contributed by atoms with Crippen molar-refractivity contribution in [2.45, 2.75) is 62.5 Å². The fraction of sp³-hybridized carbons (Fsp3) is 0.538. The number of fused-ring (bicyclic) bond motifs is 2. The molecule has 2 saturated heterocycles. The highest BCUT2D eigenvalue weighted by atomic mass is 32.2. The maximum absolute atomic E-state index is 15.2. The number of β-lactam (4-membered cyclic amide) rings is 1. The van der Waals surface area contributed by atoms with Crippen molar-refractivity contribution >= 4 is 65.1 Å². The van der Waals surface area contributed by atoms with Crippen LogP contribution < -0.4 is 4.48 Å². The Hall–Kier alpha value is -2.94. The van der Waals surface area contributed by atoms with E-state index in [0.29, 0.717) is 0 Å². The third kappa shape index (κ3) is 3.42. The second-order valence-corrected chi connectivity index (χ2v) is 13.6. The molecule has 0 aromatic carbocycles. The summed E-state index contributed by atoms with van der Waals surface area (Å²) in [6.45, 7) is 8.59. The summed E-state index contributed by atoms with van der Waals surface area (Å²) in [4.78, 5) is 76.4. The van der Waals surface area contributed by atoms with Crippen LogP contribution in [0.15, 0.2) is 38.6 Å². The van der Waals surface area contributed by atoms with Gasteiger partial charge in [0.15, 0.2) is 17.6 Å². The van der Waals surface area contributed by atoms with E-state index in [1.807, 2.05) is 0 Å². The molecule has 0 spiro atoms. The summed E-state index contributed by atoms with van der Waals surface area (Å²) in [7, 11) is 1.22. The Bertz CT molecular complexity index is 1400. The number of quaternary nitrogens is 1. The Morgan fingerprint density at radius 1 is 1.27 bits per heavy atom. The number of carbonyl (C=O) groups excluding carboxylic acids is 4. The molecule has 4 heterocycles. The molecule has 1 N–H and O–H groups in total. The Morgan fingerprint density at radius 2 is 1.95 bits per heavy atom. The van der Waals surface area contributed by atoms with Crippen LogP contribution in [0.25, 0.3) is 0 Å². The Labute approximate surface area is 238 Å². The van der Waals surface area contributed by atoms with Crippen LogP contribution in [0.1, 0.15) is 34.6 Å². The van der Waals surface area contributed by atoms with Gasteiger partial charge in [-0.05, 0) is 33.1 Å². The number of carbonyl (C=O) groups is 5. The SMILES string of the molecule is CON=CC(=O)[N+]1(c2ccco2)C(=O)C2(OC(C)(C)C)C(C(=O)C3S[C@H]4C1C(=O)N4C(C(=O)O)=C3SC)C2(C)C. The van der Waals surface area contributed by atoms with Crippen LogP contribution in [0.4, 0.5) is 5.88 Å². The fourth-order valence-electron chi connectivity index (χ4n) is 6.41. The topological polar surface area (TPSA) is 153 Å². The number of aliphatic carboxylic acids is 1. The summed E-state index contributed by atoms with van der Waals surface area (Å²) in [6, 6.07) is 1.40. The normalized spacial score (nSPS) is 34.6. The molecule has 2 bridgehead atoms. The molecule has 1 aromatic heterocycles.